The molecule has 1 unspecified atom stereocenters. The highest BCUT2D eigenvalue weighted by Gasteiger charge is 2.17. The molecule has 1 atom stereocenters. The monoisotopic (exact) mass is 196 g/mol. The quantitative estimate of drug-likeness (QED) is 0.737. The molecule has 14 heavy (non-hydrogen) atoms. The van der Waals surface area contributed by atoms with Crippen LogP contribution in [0.4, 0.5) is 0 Å². The third kappa shape index (κ3) is 1.78. The molecule has 78 valence electrons. The van der Waals surface area contributed by atoms with Gasteiger partial charge in [0.05, 0.1) is 24.0 Å². The number of fused-ring (bicyclic) bond motifs is 1. The van der Waals surface area contributed by atoms with Crippen molar-refractivity contribution in [2.24, 2.45) is 0 Å². The summed E-state index contributed by atoms with van der Waals surface area (Å²) in [6, 6.07) is 0. The molecule has 1 aromatic rings. The zero-order chi connectivity index (χ0) is 9.97. The Balaban J connectivity index is 2.14. The number of hydrogen-bond acceptors (Lipinski definition) is 4. The van der Waals surface area contributed by atoms with E-state index >= 15 is 0 Å². The van der Waals surface area contributed by atoms with Gasteiger partial charge in [-0.15, -0.1) is 5.10 Å². The zero-order valence-electron chi connectivity index (χ0n) is 8.66. The number of nitrogens with zero attached hydrogens (tertiary/aromatic N) is 3. The van der Waals surface area contributed by atoms with Crippen LogP contribution in [-0.4, -0.2) is 34.8 Å². The van der Waals surface area contributed by atoms with Gasteiger partial charge in [-0.1, -0.05) is 5.21 Å². The maximum absolute atomic E-state index is 5.21. The molecule has 5 nitrogen and oxygen atoms in total. The SMILES string of the molecule is COC(C)Cn1nnc2c1CCNC2. The summed E-state index contributed by atoms with van der Waals surface area (Å²) in [5.41, 5.74) is 2.34. The van der Waals surface area contributed by atoms with E-state index in [1.807, 2.05) is 11.6 Å². The smallest absolute Gasteiger partial charge is 0.0997 e. The lowest BCUT2D eigenvalue weighted by atomic mass is 10.2. The maximum Gasteiger partial charge on any atom is 0.0997 e. The van der Waals surface area contributed by atoms with E-state index in [0.29, 0.717) is 0 Å². The summed E-state index contributed by atoms with van der Waals surface area (Å²) in [6.45, 7) is 4.69. The number of nitrogens with one attached hydrogen (secondary N) is 1. The van der Waals surface area contributed by atoms with E-state index in [0.717, 1.165) is 31.7 Å². The summed E-state index contributed by atoms with van der Waals surface area (Å²) in [5.74, 6) is 0. The van der Waals surface area contributed by atoms with Crippen molar-refractivity contribution < 1.29 is 4.74 Å². The van der Waals surface area contributed by atoms with Crippen molar-refractivity contribution in [3.63, 3.8) is 0 Å². The van der Waals surface area contributed by atoms with Crippen LogP contribution in [0, 0.1) is 0 Å². The Bertz CT molecular complexity index is 310. The Morgan fingerprint density at radius 2 is 2.50 bits per heavy atom. The van der Waals surface area contributed by atoms with Gasteiger partial charge in [0, 0.05) is 26.6 Å². The number of hydrogen-bond donors (Lipinski definition) is 1. The number of ether oxygens (including phenoxy) is 1. The second-order valence-corrected chi connectivity index (χ2v) is 3.64. The Morgan fingerprint density at radius 1 is 1.64 bits per heavy atom. The molecule has 1 aliphatic rings. The molecule has 5 heteroatoms. The Morgan fingerprint density at radius 3 is 3.29 bits per heavy atom. The minimum atomic E-state index is 0.190. The molecule has 0 aliphatic carbocycles. The minimum absolute atomic E-state index is 0.190. The molecule has 0 aromatic carbocycles. The molecule has 1 N–H and O–H groups in total. The molecule has 2 heterocycles. The summed E-state index contributed by atoms with van der Waals surface area (Å²) in [5, 5.41) is 11.5. The molecule has 0 bridgehead atoms. The van der Waals surface area contributed by atoms with Gasteiger partial charge in [0.15, 0.2) is 0 Å². The number of aromatic nitrogens is 3. The van der Waals surface area contributed by atoms with Crippen molar-refractivity contribution in [3.05, 3.63) is 11.4 Å². The van der Waals surface area contributed by atoms with Crippen molar-refractivity contribution in [3.8, 4) is 0 Å². The maximum atomic E-state index is 5.21. The van der Waals surface area contributed by atoms with E-state index in [1.54, 1.807) is 7.11 Å². The van der Waals surface area contributed by atoms with E-state index in [4.69, 9.17) is 4.74 Å². The van der Waals surface area contributed by atoms with Crippen LogP contribution < -0.4 is 5.32 Å². The van der Waals surface area contributed by atoms with Crippen LogP contribution in [0.25, 0.3) is 0 Å². The molecule has 1 aliphatic heterocycles. The zero-order valence-corrected chi connectivity index (χ0v) is 8.66. The van der Waals surface area contributed by atoms with Crippen molar-refractivity contribution in [1.82, 2.24) is 20.3 Å². The normalized spacial score (nSPS) is 17.9. The standard InChI is InChI=1S/C9H16N4O/c1-7(14-2)6-13-9-3-4-10-5-8(9)11-12-13/h7,10H,3-6H2,1-2H3. The molecule has 0 saturated heterocycles. The van der Waals surface area contributed by atoms with Crippen LogP contribution in [0.3, 0.4) is 0 Å². The molecule has 0 fully saturated rings. The first-order valence-corrected chi connectivity index (χ1v) is 4.96. The average Bonchev–Trinajstić information content (AvgIpc) is 2.62. The first-order valence-electron chi connectivity index (χ1n) is 4.96. The summed E-state index contributed by atoms with van der Waals surface area (Å²) in [7, 11) is 1.72. The second kappa shape index (κ2) is 4.06. The van der Waals surface area contributed by atoms with Gasteiger partial charge in [0.1, 0.15) is 0 Å². The van der Waals surface area contributed by atoms with E-state index in [9.17, 15) is 0 Å². The fourth-order valence-electron chi connectivity index (χ4n) is 1.66. The summed E-state index contributed by atoms with van der Waals surface area (Å²) >= 11 is 0. The van der Waals surface area contributed by atoms with E-state index < -0.39 is 0 Å². The largest absolute Gasteiger partial charge is 0.380 e. The molecular weight excluding hydrogens is 180 g/mol. The van der Waals surface area contributed by atoms with Crippen molar-refractivity contribution in [2.45, 2.75) is 32.5 Å². The summed E-state index contributed by atoms with van der Waals surface area (Å²) in [4.78, 5) is 0. The molecule has 1 aromatic heterocycles. The first-order chi connectivity index (χ1) is 6.81. The van der Waals surface area contributed by atoms with Gasteiger partial charge in [0.25, 0.3) is 0 Å². The minimum Gasteiger partial charge on any atom is -0.380 e. The van der Waals surface area contributed by atoms with Crippen molar-refractivity contribution in [1.29, 1.82) is 0 Å². The van der Waals surface area contributed by atoms with Crippen LogP contribution in [0.1, 0.15) is 18.3 Å². The lowest BCUT2D eigenvalue weighted by Gasteiger charge is -2.15. The van der Waals surface area contributed by atoms with Gasteiger partial charge >= 0.3 is 0 Å². The Kier molecular flexibility index (Phi) is 2.79. The predicted octanol–water partition coefficient (Wildman–Crippen LogP) is -0.0413. The summed E-state index contributed by atoms with van der Waals surface area (Å²) < 4.78 is 7.17. The van der Waals surface area contributed by atoms with Gasteiger partial charge < -0.3 is 10.1 Å². The van der Waals surface area contributed by atoms with Crippen LogP contribution in [0.2, 0.25) is 0 Å². The molecular formula is C9H16N4O. The van der Waals surface area contributed by atoms with Crippen LogP contribution >= 0.6 is 0 Å². The highest BCUT2D eigenvalue weighted by atomic mass is 16.5. The second-order valence-electron chi connectivity index (χ2n) is 3.64. The lowest BCUT2D eigenvalue weighted by Crippen LogP contribution is -2.26. The third-order valence-electron chi connectivity index (χ3n) is 2.58. The van der Waals surface area contributed by atoms with Gasteiger partial charge in [-0.2, -0.15) is 0 Å². The highest BCUT2D eigenvalue weighted by Crippen LogP contribution is 2.10. The highest BCUT2D eigenvalue weighted by molar-refractivity contribution is 5.13. The first kappa shape index (κ1) is 9.61. The van der Waals surface area contributed by atoms with Crippen LogP contribution in [0.5, 0.6) is 0 Å². The van der Waals surface area contributed by atoms with Crippen molar-refractivity contribution in [2.75, 3.05) is 13.7 Å². The lowest BCUT2D eigenvalue weighted by molar-refractivity contribution is 0.0983. The fraction of sp³-hybridized carbons (Fsp3) is 0.778. The molecule has 0 radical (unpaired) electrons. The fourth-order valence-corrected chi connectivity index (χ4v) is 1.66. The molecule has 0 spiro atoms. The van der Waals surface area contributed by atoms with Crippen LogP contribution in [0.15, 0.2) is 0 Å². The van der Waals surface area contributed by atoms with Gasteiger partial charge in [0.2, 0.25) is 0 Å². The average molecular weight is 196 g/mol. The Labute approximate surface area is 83.4 Å². The number of methoxy groups -OCH3 is 1. The third-order valence-corrected chi connectivity index (χ3v) is 2.58. The van der Waals surface area contributed by atoms with E-state index in [1.165, 1.54) is 5.69 Å². The van der Waals surface area contributed by atoms with Crippen LogP contribution in [-0.2, 0) is 24.2 Å². The molecule has 0 saturated carbocycles. The Hall–Kier alpha value is -0.940. The molecule has 2 rings (SSSR count). The molecule has 0 amide bonds. The van der Waals surface area contributed by atoms with Crippen molar-refractivity contribution >= 4 is 0 Å². The number of rotatable bonds is 3. The predicted molar refractivity (Wildman–Crippen MR) is 51.9 cm³/mol. The summed E-state index contributed by atoms with van der Waals surface area (Å²) in [6.07, 6.45) is 1.20. The van der Waals surface area contributed by atoms with Gasteiger partial charge in [-0.05, 0) is 6.92 Å². The van der Waals surface area contributed by atoms with E-state index in [-0.39, 0.29) is 6.10 Å². The topological polar surface area (TPSA) is 52.0 Å². The van der Waals surface area contributed by atoms with E-state index in [2.05, 4.69) is 15.6 Å². The van der Waals surface area contributed by atoms with Gasteiger partial charge in [-0.25, -0.2) is 4.68 Å². The van der Waals surface area contributed by atoms with Gasteiger partial charge in [-0.3, -0.25) is 0 Å².